The van der Waals surface area contributed by atoms with Gasteiger partial charge >= 0.3 is 12.4 Å². The highest BCUT2D eigenvalue weighted by atomic mass is 19.4. The lowest BCUT2D eigenvalue weighted by atomic mass is 9.71. The number of hydrogen-bond donors (Lipinski definition) is 3. The zero-order valence-corrected chi connectivity index (χ0v) is 12.0. The van der Waals surface area contributed by atoms with Gasteiger partial charge in [-0.3, -0.25) is 0 Å². The average molecular weight is 349 g/mol. The zero-order chi connectivity index (χ0) is 18.3. The Hall–Kier alpha value is -2.58. The monoisotopic (exact) mass is 349 g/mol. The minimum Gasteiger partial charge on any atom is -0.399 e. The maximum absolute atomic E-state index is 13.8. The number of hydrogen-bond acceptors (Lipinski definition) is 3. The van der Waals surface area contributed by atoms with Crippen molar-refractivity contribution in [3.8, 4) is 0 Å². The predicted octanol–water partition coefficient (Wildman–Crippen LogP) is 3.84. The Bertz CT molecular complexity index is 700. The Morgan fingerprint density at radius 3 is 1.42 bits per heavy atom. The van der Waals surface area contributed by atoms with E-state index >= 15 is 0 Å². The van der Waals surface area contributed by atoms with E-state index in [0.717, 1.165) is 24.3 Å². The van der Waals surface area contributed by atoms with Crippen LogP contribution in [0.25, 0.3) is 0 Å². The first kappa shape index (κ1) is 17.8. The molecular formula is C15H13F6N3. The van der Waals surface area contributed by atoms with Crippen LogP contribution in [0, 0.1) is 0 Å². The van der Waals surface area contributed by atoms with Gasteiger partial charge in [-0.05, 0) is 29.8 Å². The van der Waals surface area contributed by atoms with Crippen LogP contribution in [-0.2, 0) is 5.41 Å². The summed E-state index contributed by atoms with van der Waals surface area (Å²) in [7, 11) is 0. The van der Waals surface area contributed by atoms with Gasteiger partial charge in [-0.25, -0.2) is 0 Å². The van der Waals surface area contributed by atoms with Crippen molar-refractivity contribution in [1.82, 2.24) is 0 Å². The maximum Gasteiger partial charge on any atom is 0.411 e. The summed E-state index contributed by atoms with van der Waals surface area (Å²) >= 11 is 0. The predicted molar refractivity (Wildman–Crippen MR) is 79.0 cm³/mol. The Labute approximate surface area is 133 Å². The molecule has 0 amide bonds. The number of rotatable bonds is 2. The lowest BCUT2D eigenvalue weighted by Crippen LogP contribution is -2.55. The third-order valence-corrected chi connectivity index (χ3v) is 3.70. The molecule has 0 spiro atoms. The van der Waals surface area contributed by atoms with E-state index in [2.05, 4.69) is 0 Å². The van der Waals surface area contributed by atoms with Gasteiger partial charge in [0.1, 0.15) is 0 Å². The Balaban J connectivity index is 3.01. The van der Waals surface area contributed by atoms with Gasteiger partial charge in [0.15, 0.2) is 0 Å². The molecule has 2 aromatic carbocycles. The van der Waals surface area contributed by atoms with Gasteiger partial charge < -0.3 is 17.2 Å². The zero-order valence-electron chi connectivity index (χ0n) is 12.0. The van der Waals surface area contributed by atoms with Crippen molar-refractivity contribution >= 4 is 17.1 Å². The van der Waals surface area contributed by atoms with Gasteiger partial charge in [0, 0.05) is 22.6 Å². The molecule has 130 valence electrons. The summed E-state index contributed by atoms with van der Waals surface area (Å²) in [5, 5.41) is 0. The molecule has 0 fully saturated rings. The molecule has 0 radical (unpaired) electrons. The van der Waals surface area contributed by atoms with Gasteiger partial charge in [0.2, 0.25) is 5.41 Å². The van der Waals surface area contributed by atoms with Gasteiger partial charge in [0.05, 0.1) is 0 Å². The molecule has 0 heterocycles. The normalized spacial score (nSPS) is 13.1. The van der Waals surface area contributed by atoms with Crippen LogP contribution in [0.4, 0.5) is 43.4 Å². The first-order valence-electron chi connectivity index (χ1n) is 6.57. The first-order chi connectivity index (χ1) is 10.9. The highest BCUT2D eigenvalue weighted by Crippen LogP contribution is 2.58. The third-order valence-electron chi connectivity index (χ3n) is 3.70. The van der Waals surface area contributed by atoms with E-state index in [4.69, 9.17) is 17.2 Å². The van der Waals surface area contributed by atoms with Gasteiger partial charge in [-0.15, -0.1) is 0 Å². The Morgan fingerprint density at radius 1 is 0.625 bits per heavy atom. The molecule has 9 heteroatoms. The minimum absolute atomic E-state index is 0.0194. The van der Waals surface area contributed by atoms with Crippen LogP contribution >= 0.6 is 0 Å². The van der Waals surface area contributed by atoms with Crippen molar-refractivity contribution in [3.05, 3.63) is 53.6 Å². The summed E-state index contributed by atoms with van der Waals surface area (Å²) in [6, 6.07) is 6.30. The average Bonchev–Trinajstić information content (AvgIpc) is 2.41. The molecule has 0 aliphatic heterocycles. The molecule has 3 nitrogen and oxygen atoms in total. The van der Waals surface area contributed by atoms with E-state index in [-0.39, 0.29) is 5.69 Å². The lowest BCUT2D eigenvalue weighted by molar-refractivity contribution is -0.288. The van der Waals surface area contributed by atoms with E-state index in [1.54, 1.807) is 0 Å². The molecule has 0 aliphatic rings. The molecule has 0 unspecified atom stereocenters. The number of nitrogens with two attached hydrogens (primary N) is 3. The van der Waals surface area contributed by atoms with Crippen LogP contribution in [0.15, 0.2) is 42.5 Å². The van der Waals surface area contributed by atoms with Crippen molar-refractivity contribution in [2.24, 2.45) is 0 Å². The lowest BCUT2D eigenvalue weighted by Gasteiger charge is -2.39. The Morgan fingerprint density at radius 2 is 1.04 bits per heavy atom. The first-order valence-corrected chi connectivity index (χ1v) is 6.57. The third kappa shape index (κ3) is 2.49. The number of anilines is 3. The smallest absolute Gasteiger partial charge is 0.399 e. The molecule has 24 heavy (non-hydrogen) atoms. The second-order valence-corrected chi connectivity index (χ2v) is 5.18. The second-order valence-electron chi connectivity index (χ2n) is 5.18. The number of nitrogen functional groups attached to an aromatic ring is 3. The van der Waals surface area contributed by atoms with Gasteiger partial charge in [-0.1, -0.05) is 18.2 Å². The second kappa shape index (κ2) is 5.50. The fourth-order valence-electron chi connectivity index (χ4n) is 2.67. The minimum atomic E-state index is -5.75. The van der Waals surface area contributed by atoms with E-state index in [1.165, 1.54) is 6.07 Å². The largest absolute Gasteiger partial charge is 0.411 e. The molecule has 2 rings (SSSR count). The van der Waals surface area contributed by atoms with Gasteiger partial charge in [0.25, 0.3) is 0 Å². The van der Waals surface area contributed by atoms with Crippen molar-refractivity contribution in [3.63, 3.8) is 0 Å². The summed E-state index contributed by atoms with van der Waals surface area (Å²) in [6.45, 7) is 0. The van der Waals surface area contributed by atoms with E-state index in [1.807, 2.05) is 0 Å². The molecule has 2 aromatic rings. The van der Waals surface area contributed by atoms with Crippen molar-refractivity contribution < 1.29 is 26.3 Å². The highest BCUT2D eigenvalue weighted by Gasteiger charge is 2.73. The quantitative estimate of drug-likeness (QED) is 0.569. The molecule has 0 aliphatic carbocycles. The van der Waals surface area contributed by atoms with Crippen LogP contribution in [-0.4, -0.2) is 12.4 Å². The van der Waals surface area contributed by atoms with Crippen LogP contribution in [0.2, 0.25) is 0 Å². The van der Waals surface area contributed by atoms with Crippen molar-refractivity contribution in [2.75, 3.05) is 17.2 Å². The topological polar surface area (TPSA) is 78.1 Å². The summed E-state index contributed by atoms with van der Waals surface area (Å²) in [5.74, 6) is 0. The number of benzene rings is 2. The summed E-state index contributed by atoms with van der Waals surface area (Å²) in [6.07, 6.45) is -11.5. The number of halogens is 6. The van der Waals surface area contributed by atoms with Crippen LogP contribution < -0.4 is 17.2 Å². The standard InChI is InChI=1S/C15H13F6N3/c16-14(17,18)13(15(19,20)21,8-4-6-9(22)7-5-8)12-10(23)2-1-3-11(12)24/h1-7H,22-24H2. The molecule has 0 saturated heterocycles. The van der Waals surface area contributed by atoms with E-state index in [0.29, 0.717) is 12.1 Å². The molecule has 0 bridgehead atoms. The molecule has 0 atom stereocenters. The molecular weight excluding hydrogens is 336 g/mol. The summed E-state index contributed by atoms with van der Waals surface area (Å²) in [5.41, 5.74) is 8.23. The molecule has 0 saturated carbocycles. The van der Waals surface area contributed by atoms with Crippen LogP contribution in [0.5, 0.6) is 0 Å². The molecule has 0 aromatic heterocycles. The fourth-order valence-corrected chi connectivity index (χ4v) is 2.67. The van der Waals surface area contributed by atoms with Gasteiger partial charge in [-0.2, -0.15) is 26.3 Å². The number of alkyl halides is 6. The summed E-state index contributed by atoms with van der Waals surface area (Å²) in [4.78, 5) is 0. The van der Waals surface area contributed by atoms with E-state index in [9.17, 15) is 26.3 Å². The van der Waals surface area contributed by atoms with Crippen molar-refractivity contribution in [1.29, 1.82) is 0 Å². The van der Waals surface area contributed by atoms with Crippen molar-refractivity contribution in [2.45, 2.75) is 17.8 Å². The van der Waals surface area contributed by atoms with Crippen LogP contribution in [0.3, 0.4) is 0 Å². The van der Waals surface area contributed by atoms with E-state index < -0.39 is 40.3 Å². The highest BCUT2D eigenvalue weighted by molar-refractivity contribution is 5.69. The SMILES string of the molecule is Nc1ccc(C(c2c(N)cccc2N)(C(F)(F)F)C(F)(F)F)cc1. The summed E-state index contributed by atoms with van der Waals surface area (Å²) < 4.78 is 83.0. The molecule has 6 N–H and O–H groups in total. The van der Waals surface area contributed by atoms with Crippen LogP contribution in [0.1, 0.15) is 11.1 Å². The fraction of sp³-hybridized carbons (Fsp3) is 0.200. The Kier molecular flexibility index (Phi) is 4.07. The maximum atomic E-state index is 13.8.